The van der Waals surface area contributed by atoms with Crippen molar-refractivity contribution in [1.82, 2.24) is 5.32 Å². The zero-order chi connectivity index (χ0) is 12.8. The first-order chi connectivity index (χ1) is 8.13. The summed E-state index contributed by atoms with van der Waals surface area (Å²) in [6, 6.07) is 5.37. The van der Waals surface area contributed by atoms with E-state index in [2.05, 4.69) is 19.2 Å². The van der Waals surface area contributed by atoms with E-state index in [-0.39, 0.29) is 10.8 Å². The third kappa shape index (κ3) is 3.68. The highest BCUT2D eigenvalue weighted by atomic mass is 35.5. The van der Waals surface area contributed by atoms with Crippen LogP contribution in [-0.4, -0.2) is 13.1 Å². The lowest BCUT2D eigenvalue weighted by molar-refractivity contribution is 0.349. The number of hydrogen-bond donors (Lipinski definition) is 1. The van der Waals surface area contributed by atoms with Gasteiger partial charge in [-0.2, -0.15) is 0 Å². The predicted molar refractivity (Wildman–Crippen MR) is 72.0 cm³/mol. The molecule has 0 aliphatic rings. The van der Waals surface area contributed by atoms with Gasteiger partial charge >= 0.3 is 0 Å². The van der Waals surface area contributed by atoms with Crippen LogP contribution in [0.25, 0.3) is 0 Å². The molecule has 1 rings (SSSR count). The summed E-state index contributed by atoms with van der Waals surface area (Å²) in [7, 11) is 1.95. The van der Waals surface area contributed by atoms with Crippen LogP contribution < -0.4 is 5.32 Å². The quantitative estimate of drug-likeness (QED) is 0.811. The summed E-state index contributed by atoms with van der Waals surface area (Å²) in [5.41, 5.74) is 0.887. The van der Waals surface area contributed by atoms with E-state index in [0.717, 1.165) is 24.8 Å². The zero-order valence-corrected chi connectivity index (χ0v) is 11.5. The third-order valence-corrected chi connectivity index (χ3v) is 3.88. The molecule has 1 unspecified atom stereocenters. The van der Waals surface area contributed by atoms with Crippen LogP contribution in [0.4, 0.5) is 4.39 Å². The topological polar surface area (TPSA) is 12.0 Å². The Labute approximate surface area is 108 Å². The van der Waals surface area contributed by atoms with Gasteiger partial charge in [-0.25, -0.2) is 4.39 Å². The molecule has 0 amide bonds. The molecule has 0 saturated carbocycles. The second-order valence-electron chi connectivity index (χ2n) is 4.39. The molecule has 0 aromatic heterocycles. The van der Waals surface area contributed by atoms with Gasteiger partial charge in [0.05, 0.1) is 5.02 Å². The molecule has 1 aromatic carbocycles. The highest BCUT2D eigenvalue weighted by Crippen LogP contribution is 2.24. The van der Waals surface area contributed by atoms with E-state index in [0.29, 0.717) is 12.0 Å². The van der Waals surface area contributed by atoms with Crippen LogP contribution in [0.15, 0.2) is 18.2 Å². The minimum Gasteiger partial charge on any atom is -0.316 e. The molecule has 0 spiro atoms. The van der Waals surface area contributed by atoms with Crippen LogP contribution in [-0.2, 0) is 6.42 Å². The molecule has 0 bridgehead atoms. The summed E-state index contributed by atoms with van der Waals surface area (Å²) < 4.78 is 13.3. The minimum absolute atomic E-state index is 0.263. The average Bonchev–Trinajstić information content (AvgIpc) is 2.34. The van der Waals surface area contributed by atoms with Gasteiger partial charge in [0.25, 0.3) is 0 Å². The number of rotatable bonds is 6. The summed E-state index contributed by atoms with van der Waals surface area (Å²) in [6.07, 6.45) is 3.02. The van der Waals surface area contributed by atoms with E-state index < -0.39 is 0 Å². The van der Waals surface area contributed by atoms with E-state index in [1.54, 1.807) is 6.07 Å². The van der Waals surface area contributed by atoms with Gasteiger partial charge in [-0.05, 0) is 31.0 Å². The highest BCUT2D eigenvalue weighted by molar-refractivity contribution is 6.31. The Morgan fingerprint density at radius 3 is 2.47 bits per heavy atom. The lowest BCUT2D eigenvalue weighted by atomic mass is 9.89. The van der Waals surface area contributed by atoms with E-state index in [1.165, 1.54) is 6.07 Å². The fourth-order valence-corrected chi connectivity index (χ4v) is 2.51. The normalized spacial score (nSPS) is 13.1. The first kappa shape index (κ1) is 14.5. The Kier molecular flexibility index (Phi) is 5.93. The molecule has 0 radical (unpaired) electrons. The molecule has 0 fully saturated rings. The smallest absolute Gasteiger partial charge is 0.142 e. The van der Waals surface area contributed by atoms with Crippen molar-refractivity contribution < 1.29 is 4.39 Å². The van der Waals surface area contributed by atoms with Gasteiger partial charge in [0.2, 0.25) is 0 Å². The van der Waals surface area contributed by atoms with Gasteiger partial charge in [-0.15, -0.1) is 0 Å². The maximum Gasteiger partial charge on any atom is 0.142 e. The summed E-state index contributed by atoms with van der Waals surface area (Å²) in [5.74, 6) is 0.267. The van der Waals surface area contributed by atoms with Crippen LogP contribution >= 0.6 is 11.6 Å². The zero-order valence-electron chi connectivity index (χ0n) is 10.8. The Morgan fingerprint density at radius 2 is 1.94 bits per heavy atom. The number of hydrogen-bond acceptors (Lipinski definition) is 1. The Balaban J connectivity index is 2.83. The van der Waals surface area contributed by atoms with Crippen molar-refractivity contribution in [3.63, 3.8) is 0 Å². The molecular formula is C14H21ClFN. The first-order valence-corrected chi connectivity index (χ1v) is 6.61. The van der Waals surface area contributed by atoms with Crippen LogP contribution in [0, 0.1) is 11.7 Å². The predicted octanol–water partition coefficient (Wildman–Crippen LogP) is 4.05. The monoisotopic (exact) mass is 257 g/mol. The van der Waals surface area contributed by atoms with E-state index >= 15 is 0 Å². The summed E-state index contributed by atoms with van der Waals surface area (Å²) in [4.78, 5) is 0. The molecule has 0 heterocycles. The Bertz CT molecular complexity index is 350. The van der Waals surface area contributed by atoms with E-state index in [1.807, 2.05) is 13.1 Å². The Morgan fingerprint density at radius 1 is 1.29 bits per heavy atom. The van der Waals surface area contributed by atoms with Crippen LogP contribution in [0.5, 0.6) is 0 Å². The molecule has 17 heavy (non-hydrogen) atoms. The molecule has 0 saturated heterocycles. The van der Waals surface area contributed by atoms with E-state index in [4.69, 9.17) is 11.6 Å². The second-order valence-corrected chi connectivity index (χ2v) is 4.77. The number of nitrogens with one attached hydrogen (secondary N) is 1. The van der Waals surface area contributed by atoms with Crippen molar-refractivity contribution in [2.24, 2.45) is 5.92 Å². The van der Waals surface area contributed by atoms with Gasteiger partial charge < -0.3 is 5.32 Å². The summed E-state index contributed by atoms with van der Waals surface area (Å²) >= 11 is 5.98. The first-order valence-electron chi connectivity index (χ1n) is 6.24. The molecule has 1 nitrogen and oxygen atoms in total. The van der Waals surface area contributed by atoms with Crippen LogP contribution in [0.2, 0.25) is 5.02 Å². The third-order valence-electron chi connectivity index (χ3n) is 3.46. The largest absolute Gasteiger partial charge is 0.316 e. The van der Waals surface area contributed by atoms with Crippen molar-refractivity contribution >= 4 is 11.6 Å². The van der Waals surface area contributed by atoms with E-state index in [9.17, 15) is 4.39 Å². The molecule has 3 heteroatoms. The fraction of sp³-hybridized carbons (Fsp3) is 0.571. The maximum atomic E-state index is 13.3. The maximum absolute atomic E-state index is 13.3. The second kappa shape index (κ2) is 6.97. The summed E-state index contributed by atoms with van der Waals surface area (Å²) in [5, 5.41) is 3.58. The van der Waals surface area contributed by atoms with Gasteiger partial charge in [0.1, 0.15) is 5.82 Å². The van der Waals surface area contributed by atoms with Crippen molar-refractivity contribution in [2.75, 3.05) is 7.05 Å². The summed E-state index contributed by atoms with van der Waals surface area (Å²) in [6.45, 7) is 4.37. The SMILES string of the molecule is CCC(CC)C(Cc1cccc(F)c1Cl)NC. The van der Waals surface area contributed by atoms with Crippen LogP contribution in [0.3, 0.4) is 0 Å². The van der Waals surface area contributed by atoms with Gasteiger partial charge in [0.15, 0.2) is 0 Å². The number of likely N-dealkylation sites (N-methyl/N-ethyl adjacent to an activating group) is 1. The minimum atomic E-state index is -0.330. The van der Waals surface area contributed by atoms with Crippen molar-refractivity contribution in [1.29, 1.82) is 0 Å². The van der Waals surface area contributed by atoms with Crippen molar-refractivity contribution in [2.45, 2.75) is 39.2 Å². The molecule has 0 aliphatic heterocycles. The molecule has 96 valence electrons. The number of benzene rings is 1. The lowest BCUT2D eigenvalue weighted by Crippen LogP contribution is -2.35. The number of halogens is 2. The highest BCUT2D eigenvalue weighted by Gasteiger charge is 2.18. The molecule has 1 atom stereocenters. The van der Waals surface area contributed by atoms with Gasteiger partial charge in [0, 0.05) is 6.04 Å². The van der Waals surface area contributed by atoms with Gasteiger partial charge in [-0.3, -0.25) is 0 Å². The fourth-order valence-electron chi connectivity index (χ4n) is 2.31. The van der Waals surface area contributed by atoms with Gasteiger partial charge in [-0.1, -0.05) is 50.4 Å². The molecular weight excluding hydrogens is 237 g/mol. The molecule has 1 N–H and O–H groups in total. The van der Waals surface area contributed by atoms with Crippen molar-refractivity contribution in [3.05, 3.63) is 34.6 Å². The molecule has 1 aromatic rings. The lowest BCUT2D eigenvalue weighted by Gasteiger charge is -2.25. The Hall–Kier alpha value is -0.600. The van der Waals surface area contributed by atoms with Crippen molar-refractivity contribution in [3.8, 4) is 0 Å². The van der Waals surface area contributed by atoms with Crippen LogP contribution in [0.1, 0.15) is 32.3 Å². The average molecular weight is 258 g/mol. The molecule has 0 aliphatic carbocycles. The standard InChI is InChI=1S/C14H21ClFN/c1-4-10(5-2)13(17-3)9-11-7-6-8-12(16)14(11)15/h6-8,10,13,17H,4-5,9H2,1-3H3.